The predicted molar refractivity (Wildman–Crippen MR) is 86.7 cm³/mol. The molecule has 1 aromatic heterocycles. The van der Waals surface area contributed by atoms with E-state index >= 15 is 0 Å². The molecular weight excluding hydrogens is 260 g/mol. The van der Waals surface area contributed by atoms with Crippen LogP contribution < -0.4 is 10.1 Å². The van der Waals surface area contributed by atoms with Crippen molar-refractivity contribution in [2.75, 3.05) is 0 Å². The van der Waals surface area contributed by atoms with Gasteiger partial charge in [-0.25, -0.2) is 4.98 Å². The Hall–Kier alpha value is -1.87. The third-order valence-electron chi connectivity index (χ3n) is 3.23. The lowest BCUT2D eigenvalue weighted by molar-refractivity contribution is 0.450. The summed E-state index contributed by atoms with van der Waals surface area (Å²) >= 11 is 0. The highest BCUT2D eigenvalue weighted by atomic mass is 16.5. The third-order valence-corrected chi connectivity index (χ3v) is 3.23. The van der Waals surface area contributed by atoms with E-state index in [1.165, 1.54) is 5.56 Å². The van der Waals surface area contributed by atoms with Gasteiger partial charge in [0.1, 0.15) is 5.75 Å². The van der Waals surface area contributed by atoms with Crippen molar-refractivity contribution in [3.63, 3.8) is 0 Å². The first-order valence-corrected chi connectivity index (χ1v) is 7.63. The van der Waals surface area contributed by atoms with Crippen molar-refractivity contribution in [3.05, 3.63) is 53.7 Å². The molecule has 2 rings (SSSR count). The molecule has 0 bridgehead atoms. The molecule has 0 atom stereocenters. The topological polar surface area (TPSA) is 34.1 Å². The molecule has 0 saturated carbocycles. The van der Waals surface area contributed by atoms with E-state index in [4.69, 9.17) is 4.74 Å². The number of aromatic nitrogens is 1. The highest BCUT2D eigenvalue weighted by molar-refractivity contribution is 5.34. The molecule has 2 aromatic rings. The number of hydrogen-bond acceptors (Lipinski definition) is 3. The second kappa shape index (κ2) is 7.79. The van der Waals surface area contributed by atoms with Crippen LogP contribution in [0.3, 0.4) is 0 Å². The number of aryl methyl sites for hydroxylation is 1. The fourth-order valence-corrected chi connectivity index (χ4v) is 2.09. The predicted octanol–water partition coefficient (Wildman–Crippen LogP) is 4.32. The van der Waals surface area contributed by atoms with Gasteiger partial charge < -0.3 is 10.1 Å². The Kier molecular flexibility index (Phi) is 5.76. The van der Waals surface area contributed by atoms with E-state index in [0.717, 1.165) is 30.7 Å². The number of pyridine rings is 1. The maximum atomic E-state index is 5.92. The number of nitrogens with zero attached hydrogens (tertiary/aromatic N) is 1. The lowest BCUT2D eigenvalue weighted by Gasteiger charge is -2.12. The number of nitrogens with one attached hydrogen (secondary N) is 1. The summed E-state index contributed by atoms with van der Waals surface area (Å²) in [4.78, 5) is 4.35. The number of benzene rings is 1. The van der Waals surface area contributed by atoms with E-state index in [-0.39, 0.29) is 0 Å². The standard InChI is InChI=1S/C18H24N2O/c1-4-6-15-8-10-17(11-9-15)21-18-16(7-5-12-19-18)13-20-14(2)3/h5,7-12,14,20H,4,6,13H2,1-3H3. The quantitative estimate of drug-likeness (QED) is 0.822. The molecule has 3 heteroatoms. The molecule has 112 valence electrons. The zero-order valence-electron chi connectivity index (χ0n) is 13.1. The van der Waals surface area contributed by atoms with Gasteiger partial charge in [0, 0.05) is 24.3 Å². The van der Waals surface area contributed by atoms with Crippen molar-refractivity contribution in [1.29, 1.82) is 0 Å². The maximum absolute atomic E-state index is 5.92. The molecule has 0 aliphatic carbocycles. The van der Waals surface area contributed by atoms with E-state index < -0.39 is 0 Å². The average molecular weight is 284 g/mol. The lowest BCUT2D eigenvalue weighted by atomic mass is 10.1. The van der Waals surface area contributed by atoms with E-state index in [2.05, 4.69) is 43.2 Å². The van der Waals surface area contributed by atoms with Gasteiger partial charge in [0.15, 0.2) is 0 Å². The summed E-state index contributed by atoms with van der Waals surface area (Å²) in [5.41, 5.74) is 2.41. The van der Waals surface area contributed by atoms with Crippen molar-refractivity contribution in [2.45, 2.75) is 46.2 Å². The zero-order chi connectivity index (χ0) is 15.1. The minimum Gasteiger partial charge on any atom is -0.439 e. The van der Waals surface area contributed by atoms with E-state index in [1.54, 1.807) is 6.20 Å². The van der Waals surface area contributed by atoms with Crippen LogP contribution >= 0.6 is 0 Å². The third kappa shape index (κ3) is 4.87. The Balaban J connectivity index is 2.08. The van der Waals surface area contributed by atoms with Crippen LogP contribution in [0.25, 0.3) is 0 Å². The second-order valence-corrected chi connectivity index (χ2v) is 5.50. The summed E-state index contributed by atoms with van der Waals surface area (Å²) in [6, 6.07) is 12.7. The van der Waals surface area contributed by atoms with Crippen molar-refractivity contribution < 1.29 is 4.74 Å². The largest absolute Gasteiger partial charge is 0.439 e. The molecule has 21 heavy (non-hydrogen) atoms. The average Bonchev–Trinajstić information content (AvgIpc) is 2.48. The monoisotopic (exact) mass is 284 g/mol. The first-order valence-electron chi connectivity index (χ1n) is 7.63. The zero-order valence-corrected chi connectivity index (χ0v) is 13.1. The molecule has 0 radical (unpaired) electrons. The van der Waals surface area contributed by atoms with Gasteiger partial charge in [0.25, 0.3) is 0 Å². The van der Waals surface area contributed by atoms with Crippen LogP contribution in [0.1, 0.15) is 38.3 Å². The van der Waals surface area contributed by atoms with Gasteiger partial charge in [-0.2, -0.15) is 0 Å². The van der Waals surface area contributed by atoms with E-state index in [0.29, 0.717) is 11.9 Å². The molecule has 0 fully saturated rings. The van der Waals surface area contributed by atoms with Crippen molar-refractivity contribution in [3.8, 4) is 11.6 Å². The first kappa shape index (κ1) is 15.5. The van der Waals surface area contributed by atoms with Gasteiger partial charge >= 0.3 is 0 Å². The van der Waals surface area contributed by atoms with Crippen LogP contribution in [0.5, 0.6) is 11.6 Å². The fraction of sp³-hybridized carbons (Fsp3) is 0.389. The Morgan fingerprint density at radius 3 is 2.57 bits per heavy atom. The van der Waals surface area contributed by atoms with Crippen LogP contribution in [0.4, 0.5) is 0 Å². The number of rotatable bonds is 7. The molecular formula is C18H24N2O. The minimum atomic E-state index is 0.436. The van der Waals surface area contributed by atoms with Crippen molar-refractivity contribution in [2.24, 2.45) is 0 Å². The van der Waals surface area contributed by atoms with E-state index in [9.17, 15) is 0 Å². The summed E-state index contributed by atoms with van der Waals surface area (Å²) in [7, 11) is 0. The number of ether oxygens (including phenoxy) is 1. The Morgan fingerprint density at radius 2 is 1.90 bits per heavy atom. The van der Waals surface area contributed by atoms with E-state index in [1.807, 2.05) is 24.3 Å². The van der Waals surface area contributed by atoms with Gasteiger partial charge in [0.2, 0.25) is 5.88 Å². The van der Waals surface area contributed by atoms with Gasteiger partial charge in [-0.3, -0.25) is 0 Å². The maximum Gasteiger partial charge on any atom is 0.223 e. The second-order valence-electron chi connectivity index (χ2n) is 5.50. The summed E-state index contributed by atoms with van der Waals surface area (Å²) < 4.78 is 5.92. The highest BCUT2D eigenvalue weighted by Gasteiger charge is 2.06. The molecule has 0 saturated heterocycles. The van der Waals surface area contributed by atoms with Gasteiger partial charge in [-0.15, -0.1) is 0 Å². The summed E-state index contributed by atoms with van der Waals surface area (Å²) in [5, 5.41) is 3.39. The van der Waals surface area contributed by atoms with Crippen molar-refractivity contribution in [1.82, 2.24) is 10.3 Å². The Bertz CT molecular complexity index is 549. The molecule has 0 unspecified atom stereocenters. The van der Waals surface area contributed by atoms with Gasteiger partial charge in [0.05, 0.1) is 0 Å². The first-order chi connectivity index (χ1) is 10.2. The van der Waals surface area contributed by atoms with Crippen molar-refractivity contribution >= 4 is 0 Å². The summed E-state index contributed by atoms with van der Waals surface area (Å²) in [5.74, 6) is 1.51. The fourth-order valence-electron chi connectivity index (χ4n) is 2.09. The Labute approximate surface area is 127 Å². The SMILES string of the molecule is CCCc1ccc(Oc2ncccc2CNC(C)C)cc1. The van der Waals surface area contributed by atoms with Crippen LogP contribution in [0.2, 0.25) is 0 Å². The van der Waals surface area contributed by atoms with Gasteiger partial charge in [-0.1, -0.05) is 45.4 Å². The lowest BCUT2D eigenvalue weighted by Crippen LogP contribution is -2.22. The Morgan fingerprint density at radius 1 is 1.14 bits per heavy atom. The summed E-state index contributed by atoms with van der Waals surface area (Å²) in [6.45, 7) is 7.20. The highest BCUT2D eigenvalue weighted by Crippen LogP contribution is 2.23. The van der Waals surface area contributed by atoms with Crippen LogP contribution in [-0.4, -0.2) is 11.0 Å². The number of hydrogen-bond donors (Lipinski definition) is 1. The molecule has 1 heterocycles. The molecule has 0 aliphatic heterocycles. The van der Waals surface area contributed by atoms with Crippen LogP contribution in [-0.2, 0) is 13.0 Å². The molecule has 0 amide bonds. The van der Waals surface area contributed by atoms with Crippen LogP contribution in [0, 0.1) is 0 Å². The molecule has 3 nitrogen and oxygen atoms in total. The molecule has 0 aliphatic rings. The molecule has 0 spiro atoms. The summed E-state index contributed by atoms with van der Waals surface area (Å²) in [6.07, 6.45) is 4.03. The normalized spacial score (nSPS) is 10.9. The molecule has 1 aromatic carbocycles. The minimum absolute atomic E-state index is 0.436. The van der Waals surface area contributed by atoms with Crippen LogP contribution in [0.15, 0.2) is 42.6 Å². The smallest absolute Gasteiger partial charge is 0.223 e. The van der Waals surface area contributed by atoms with Gasteiger partial charge in [-0.05, 0) is 30.2 Å². The molecule has 1 N–H and O–H groups in total.